The van der Waals surface area contributed by atoms with Crippen LogP contribution in [0, 0.1) is 4.77 Å². The van der Waals surface area contributed by atoms with Gasteiger partial charge in [0.05, 0.1) is 5.39 Å². The highest BCUT2D eigenvalue weighted by Gasteiger charge is 2.29. The van der Waals surface area contributed by atoms with Crippen LogP contribution in [0.5, 0.6) is 0 Å². The average Bonchev–Trinajstić information content (AvgIpc) is 3.21. The van der Waals surface area contributed by atoms with Gasteiger partial charge in [0, 0.05) is 6.04 Å². The molecule has 0 atom stereocenters. The summed E-state index contributed by atoms with van der Waals surface area (Å²) in [6, 6.07) is 0.302. The van der Waals surface area contributed by atoms with E-state index in [9.17, 15) is 4.79 Å². The predicted octanol–water partition coefficient (Wildman–Crippen LogP) is 4.50. The second kappa shape index (κ2) is 4.81. The molecule has 2 aromatic rings. The highest BCUT2D eigenvalue weighted by molar-refractivity contribution is 7.71. The zero-order valence-corrected chi connectivity index (χ0v) is 13.0. The SMILES string of the molecule is O=c1c2c(C3CC3)csc2[nH]c(=S)n1C1CCCCC1. The van der Waals surface area contributed by atoms with Gasteiger partial charge in [0.2, 0.25) is 0 Å². The number of hydrogen-bond acceptors (Lipinski definition) is 3. The van der Waals surface area contributed by atoms with E-state index in [-0.39, 0.29) is 5.56 Å². The van der Waals surface area contributed by atoms with Crippen molar-refractivity contribution in [3.63, 3.8) is 0 Å². The van der Waals surface area contributed by atoms with E-state index >= 15 is 0 Å². The first-order chi connectivity index (χ1) is 9.75. The quantitative estimate of drug-likeness (QED) is 0.829. The summed E-state index contributed by atoms with van der Waals surface area (Å²) in [4.78, 5) is 17.2. The fraction of sp³-hybridized carbons (Fsp3) is 0.600. The van der Waals surface area contributed by atoms with Gasteiger partial charge in [0.25, 0.3) is 5.56 Å². The Balaban J connectivity index is 1.93. The van der Waals surface area contributed by atoms with Gasteiger partial charge in [0.1, 0.15) is 4.83 Å². The summed E-state index contributed by atoms with van der Waals surface area (Å²) in [7, 11) is 0. The molecule has 5 heteroatoms. The van der Waals surface area contributed by atoms with Gasteiger partial charge < -0.3 is 4.98 Å². The third-order valence-electron chi connectivity index (χ3n) is 4.65. The second-order valence-corrected chi connectivity index (χ2v) is 7.33. The zero-order chi connectivity index (χ0) is 13.7. The molecular weight excluding hydrogens is 288 g/mol. The van der Waals surface area contributed by atoms with E-state index in [4.69, 9.17) is 12.2 Å². The van der Waals surface area contributed by atoms with Crippen molar-refractivity contribution < 1.29 is 0 Å². The third-order valence-corrected chi connectivity index (χ3v) is 5.86. The molecule has 0 saturated heterocycles. The summed E-state index contributed by atoms with van der Waals surface area (Å²) in [5.41, 5.74) is 1.41. The number of aromatic amines is 1. The van der Waals surface area contributed by atoms with Gasteiger partial charge in [-0.05, 0) is 54.8 Å². The maximum Gasteiger partial charge on any atom is 0.263 e. The molecule has 0 amide bonds. The van der Waals surface area contributed by atoms with Gasteiger partial charge in [-0.3, -0.25) is 9.36 Å². The van der Waals surface area contributed by atoms with E-state index in [1.54, 1.807) is 11.3 Å². The van der Waals surface area contributed by atoms with Gasteiger partial charge in [-0.1, -0.05) is 19.3 Å². The number of H-pyrrole nitrogens is 1. The molecule has 2 saturated carbocycles. The number of rotatable bonds is 2. The van der Waals surface area contributed by atoms with E-state index in [0.29, 0.717) is 16.7 Å². The fourth-order valence-corrected chi connectivity index (χ4v) is 4.85. The van der Waals surface area contributed by atoms with E-state index < -0.39 is 0 Å². The number of nitrogens with zero attached hydrogens (tertiary/aromatic N) is 1. The molecule has 0 aliphatic heterocycles. The number of fused-ring (bicyclic) bond motifs is 1. The normalized spacial score (nSPS) is 20.6. The molecular formula is C15H18N2OS2. The lowest BCUT2D eigenvalue weighted by molar-refractivity contribution is 0.342. The Morgan fingerprint density at radius 2 is 1.95 bits per heavy atom. The molecule has 2 heterocycles. The summed E-state index contributed by atoms with van der Waals surface area (Å²) < 4.78 is 2.48. The molecule has 2 fully saturated rings. The maximum atomic E-state index is 12.9. The highest BCUT2D eigenvalue weighted by Crippen LogP contribution is 2.44. The summed E-state index contributed by atoms with van der Waals surface area (Å²) >= 11 is 7.08. The summed E-state index contributed by atoms with van der Waals surface area (Å²) in [5.74, 6) is 0.612. The van der Waals surface area contributed by atoms with E-state index in [1.165, 1.54) is 37.7 Å². The molecule has 2 aromatic heterocycles. The molecule has 1 N–H and O–H groups in total. The van der Waals surface area contributed by atoms with Gasteiger partial charge in [-0.25, -0.2) is 0 Å². The van der Waals surface area contributed by atoms with Crippen molar-refractivity contribution in [1.82, 2.24) is 9.55 Å². The minimum Gasteiger partial charge on any atom is -0.323 e. The van der Waals surface area contributed by atoms with Crippen LogP contribution in [0.15, 0.2) is 10.2 Å². The predicted molar refractivity (Wildman–Crippen MR) is 85.4 cm³/mol. The highest BCUT2D eigenvalue weighted by atomic mass is 32.1. The lowest BCUT2D eigenvalue weighted by Crippen LogP contribution is -2.28. The van der Waals surface area contributed by atoms with Crippen molar-refractivity contribution in [1.29, 1.82) is 0 Å². The van der Waals surface area contributed by atoms with Crippen LogP contribution in [0.3, 0.4) is 0 Å². The Kier molecular flexibility index (Phi) is 3.07. The first kappa shape index (κ1) is 12.8. The van der Waals surface area contributed by atoms with Crippen molar-refractivity contribution >= 4 is 33.8 Å². The van der Waals surface area contributed by atoms with Crippen LogP contribution in [0.1, 0.15) is 62.5 Å². The minimum atomic E-state index is 0.152. The van der Waals surface area contributed by atoms with Crippen LogP contribution in [-0.2, 0) is 0 Å². The van der Waals surface area contributed by atoms with Gasteiger partial charge in [-0.15, -0.1) is 11.3 Å². The fourth-order valence-electron chi connectivity index (χ4n) is 3.42. The molecule has 0 aromatic carbocycles. The number of hydrogen-bond donors (Lipinski definition) is 1. The van der Waals surface area contributed by atoms with Crippen LogP contribution in [0.25, 0.3) is 10.2 Å². The Bertz CT molecular complexity index is 760. The number of thiophene rings is 1. The summed E-state index contributed by atoms with van der Waals surface area (Å²) in [6.45, 7) is 0. The summed E-state index contributed by atoms with van der Waals surface area (Å²) in [5, 5.41) is 3.07. The summed E-state index contributed by atoms with van der Waals surface area (Å²) in [6.07, 6.45) is 8.34. The lowest BCUT2D eigenvalue weighted by Gasteiger charge is -2.23. The largest absolute Gasteiger partial charge is 0.323 e. The molecule has 0 radical (unpaired) electrons. The zero-order valence-electron chi connectivity index (χ0n) is 11.4. The molecule has 2 aliphatic carbocycles. The van der Waals surface area contributed by atoms with Crippen molar-refractivity contribution in [2.75, 3.05) is 0 Å². The van der Waals surface area contributed by atoms with Crippen molar-refractivity contribution in [2.24, 2.45) is 0 Å². The number of aromatic nitrogens is 2. The third kappa shape index (κ3) is 1.99. The second-order valence-electron chi connectivity index (χ2n) is 6.07. The Hall–Kier alpha value is -0.940. The van der Waals surface area contributed by atoms with Crippen LogP contribution in [0.4, 0.5) is 0 Å². The van der Waals surface area contributed by atoms with Crippen LogP contribution < -0.4 is 5.56 Å². The molecule has 4 rings (SSSR count). The topological polar surface area (TPSA) is 37.8 Å². The van der Waals surface area contributed by atoms with E-state index in [1.807, 2.05) is 4.57 Å². The van der Waals surface area contributed by atoms with E-state index in [0.717, 1.165) is 23.1 Å². The smallest absolute Gasteiger partial charge is 0.263 e. The number of nitrogens with one attached hydrogen (secondary N) is 1. The molecule has 0 spiro atoms. The first-order valence-electron chi connectivity index (χ1n) is 7.51. The molecule has 0 bridgehead atoms. The van der Waals surface area contributed by atoms with Gasteiger partial charge in [0.15, 0.2) is 4.77 Å². The van der Waals surface area contributed by atoms with Gasteiger partial charge in [-0.2, -0.15) is 0 Å². The monoisotopic (exact) mass is 306 g/mol. The molecule has 106 valence electrons. The Morgan fingerprint density at radius 3 is 2.65 bits per heavy atom. The van der Waals surface area contributed by atoms with E-state index in [2.05, 4.69) is 10.4 Å². The molecule has 0 unspecified atom stereocenters. The molecule has 2 aliphatic rings. The minimum absolute atomic E-state index is 0.152. The van der Waals surface area contributed by atoms with Crippen molar-refractivity contribution in [2.45, 2.75) is 56.9 Å². The Morgan fingerprint density at radius 1 is 1.20 bits per heavy atom. The molecule has 3 nitrogen and oxygen atoms in total. The first-order valence-corrected chi connectivity index (χ1v) is 8.80. The lowest BCUT2D eigenvalue weighted by atomic mass is 9.95. The van der Waals surface area contributed by atoms with Crippen molar-refractivity contribution in [3.8, 4) is 0 Å². The van der Waals surface area contributed by atoms with Crippen LogP contribution in [-0.4, -0.2) is 9.55 Å². The van der Waals surface area contributed by atoms with Gasteiger partial charge >= 0.3 is 0 Å². The Labute approximate surface area is 126 Å². The maximum absolute atomic E-state index is 12.9. The molecule has 20 heavy (non-hydrogen) atoms. The van der Waals surface area contributed by atoms with Crippen LogP contribution >= 0.6 is 23.6 Å². The van der Waals surface area contributed by atoms with Crippen molar-refractivity contribution in [3.05, 3.63) is 26.1 Å². The standard InChI is InChI=1S/C15H18N2OS2/c18-14-12-11(9-6-7-9)8-20-13(12)16-15(19)17(14)10-4-2-1-3-5-10/h8-10H,1-7H2,(H,16,19). The van der Waals surface area contributed by atoms with Crippen LogP contribution in [0.2, 0.25) is 0 Å². The average molecular weight is 306 g/mol.